The number of carboxylic acid groups (broad SMARTS) is 1. The summed E-state index contributed by atoms with van der Waals surface area (Å²) in [5.74, 6) is -1.77. The minimum Gasteiger partial charge on any atom is -0.481 e. The predicted octanol–water partition coefficient (Wildman–Crippen LogP) is 2.13. The lowest BCUT2D eigenvalue weighted by Gasteiger charge is -2.18. The van der Waals surface area contributed by atoms with Gasteiger partial charge < -0.3 is 15.7 Å². The number of hydrogen-bond donors (Lipinski definition) is 3. The third-order valence-corrected chi connectivity index (χ3v) is 3.16. The SMILES string of the molecule is Cc1ccc(NC(=O)NC(C)C(C)C(=O)O)cc1[N+](=O)[O-]. The first kappa shape index (κ1) is 16.4. The lowest BCUT2D eigenvalue weighted by molar-refractivity contribution is -0.385. The molecule has 1 rings (SSSR count). The van der Waals surface area contributed by atoms with Gasteiger partial charge in [-0.1, -0.05) is 6.07 Å². The van der Waals surface area contributed by atoms with E-state index >= 15 is 0 Å². The summed E-state index contributed by atoms with van der Waals surface area (Å²) in [6.07, 6.45) is 0. The molecule has 21 heavy (non-hydrogen) atoms. The Kier molecular flexibility index (Phi) is 5.23. The Morgan fingerprint density at radius 1 is 1.33 bits per heavy atom. The maximum Gasteiger partial charge on any atom is 0.319 e. The minimum atomic E-state index is -1.02. The molecule has 1 aromatic carbocycles. The summed E-state index contributed by atoms with van der Waals surface area (Å²) in [4.78, 5) is 32.8. The molecule has 2 amide bonds. The highest BCUT2D eigenvalue weighted by atomic mass is 16.6. The van der Waals surface area contributed by atoms with Crippen molar-refractivity contribution in [1.82, 2.24) is 5.32 Å². The van der Waals surface area contributed by atoms with Crippen molar-refractivity contribution >= 4 is 23.4 Å². The molecule has 8 nitrogen and oxygen atoms in total. The number of aliphatic carboxylic acids is 1. The van der Waals surface area contributed by atoms with E-state index in [9.17, 15) is 19.7 Å². The van der Waals surface area contributed by atoms with Crippen molar-refractivity contribution in [2.24, 2.45) is 5.92 Å². The monoisotopic (exact) mass is 295 g/mol. The molecule has 8 heteroatoms. The van der Waals surface area contributed by atoms with Gasteiger partial charge in [0.05, 0.1) is 10.8 Å². The number of anilines is 1. The number of carbonyl (C=O) groups is 2. The maximum atomic E-state index is 11.7. The number of carbonyl (C=O) groups excluding carboxylic acids is 1. The number of nitrogens with one attached hydrogen (secondary N) is 2. The number of benzene rings is 1. The first-order valence-electron chi connectivity index (χ1n) is 6.27. The molecule has 0 aliphatic carbocycles. The molecule has 0 radical (unpaired) electrons. The highest BCUT2D eigenvalue weighted by Gasteiger charge is 2.21. The van der Waals surface area contributed by atoms with Crippen molar-refractivity contribution in [2.75, 3.05) is 5.32 Å². The van der Waals surface area contributed by atoms with Gasteiger partial charge in [-0.3, -0.25) is 14.9 Å². The van der Waals surface area contributed by atoms with Crippen LogP contribution in [0.1, 0.15) is 19.4 Å². The van der Waals surface area contributed by atoms with Crippen LogP contribution in [0.25, 0.3) is 0 Å². The van der Waals surface area contributed by atoms with E-state index in [1.165, 1.54) is 25.1 Å². The van der Waals surface area contributed by atoms with E-state index in [0.717, 1.165) is 0 Å². The van der Waals surface area contributed by atoms with Crippen molar-refractivity contribution < 1.29 is 19.6 Å². The van der Waals surface area contributed by atoms with Crippen molar-refractivity contribution in [3.8, 4) is 0 Å². The maximum absolute atomic E-state index is 11.7. The van der Waals surface area contributed by atoms with Gasteiger partial charge in [-0.25, -0.2) is 4.79 Å². The summed E-state index contributed by atoms with van der Waals surface area (Å²) in [6, 6.07) is 3.11. The quantitative estimate of drug-likeness (QED) is 0.567. The number of rotatable bonds is 5. The van der Waals surface area contributed by atoms with Gasteiger partial charge in [-0.2, -0.15) is 0 Å². The minimum absolute atomic E-state index is 0.0975. The molecule has 1 aromatic rings. The fraction of sp³-hybridized carbons (Fsp3) is 0.385. The lowest BCUT2D eigenvalue weighted by atomic mass is 10.0. The Morgan fingerprint density at radius 3 is 2.48 bits per heavy atom. The standard InChI is InChI=1S/C13H17N3O5/c1-7-4-5-10(6-11(7)16(20)21)15-13(19)14-9(3)8(2)12(17)18/h4-6,8-9H,1-3H3,(H,17,18)(H2,14,15,19). The van der Waals surface area contributed by atoms with Crippen LogP contribution in [0.15, 0.2) is 18.2 Å². The third kappa shape index (κ3) is 4.44. The number of amides is 2. The van der Waals surface area contributed by atoms with E-state index < -0.39 is 28.9 Å². The number of nitrogens with zero attached hydrogens (tertiary/aromatic N) is 1. The number of aryl methyl sites for hydroxylation is 1. The van der Waals surface area contributed by atoms with E-state index in [0.29, 0.717) is 5.56 Å². The van der Waals surface area contributed by atoms with Crippen LogP contribution in [0.2, 0.25) is 0 Å². The summed E-state index contributed by atoms with van der Waals surface area (Å²) < 4.78 is 0. The van der Waals surface area contributed by atoms with E-state index in [-0.39, 0.29) is 11.4 Å². The fourth-order valence-electron chi connectivity index (χ4n) is 1.60. The van der Waals surface area contributed by atoms with Crippen LogP contribution in [0, 0.1) is 23.0 Å². The van der Waals surface area contributed by atoms with Crippen LogP contribution in [-0.2, 0) is 4.79 Å². The van der Waals surface area contributed by atoms with Gasteiger partial charge in [-0.15, -0.1) is 0 Å². The molecule has 2 atom stereocenters. The second-order valence-electron chi connectivity index (χ2n) is 4.77. The van der Waals surface area contributed by atoms with Crippen LogP contribution in [0.4, 0.5) is 16.2 Å². The fourth-order valence-corrected chi connectivity index (χ4v) is 1.60. The molecule has 0 heterocycles. The molecule has 0 aliphatic heterocycles. The molecule has 0 saturated carbocycles. The van der Waals surface area contributed by atoms with Crippen LogP contribution in [-0.4, -0.2) is 28.1 Å². The topological polar surface area (TPSA) is 122 Å². The normalized spacial score (nSPS) is 13.1. The highest BCUT2D eigenvalue weighted by Crippen LogP contribution is 2.22. The van der Waals surface area contributed by atoms with Gasteiger partial charge in [-0.05, 0) is 26.8 Å². The number of urea groups is 1. The first-order valence-corrected chi connectivity index (χ1v) is 6.27. The van der Waals surface area contributed by atoms with E-state index in [2.05, 4.69) is 10.6 Å². The summed E-state index contributed by atoms with van der Waals surface area (Å²) in [7, 11) is 0. The molecule has 0 fully saturated rings. The molecular formula is C13H17N3O5. The molecule has 2 unspecified atom stereocenters. The summed E-state index contributed by atoms with van der Waals surface area (Å²) in [6.45, 7) is 4.64. The third-order valence-electron chi connectivity index (χ3n) is 3.16. The smallest absolute Gasteiger partial charge is 0.319 e. The van der Waals surface area contributed by atoms with Gasteiger partial charge in [0.1, 0.15) is 0 Å². The zero-order chi connectivity index (χ0) is 16.2. The first-order chi connectivity index (χ1) is 9.72. The predicted molar refractivity (Wildman–Crippen MR) is 76.2 cm³/mol. The second-order valence-corrected chi connectivity index (χ2v) is 4.77. The Labute approximate surface area is 121 Å². The Bertz CT molecular complexity index is 573. The van der Waals surface area contributed by atoms with E-state index in [1.54, 1.807) is 13.8 Å². The van der Waals surface area contributed by atoms with Crippen LogP contribution in [0.5, 0.6) is 0 Å². The number of carboxylic acids is 1. The zero-order valence-corrected chi connectivity index (χ0v) is 11.9. The van der Waals surface area contributed by atoms with Gasteiger partial charge in [0.25, 0.3) is 5.69 Å². The molecule has 0 saturated heterocycles. The van der Waals surface area contributed by atoms with Crippen molar-refractivity contribution in [1.29, 1.82) is 0 Å². The van der Waals surface area contributed by atoms with Crippen molar-refractivity contribution in [3.05, 3.63) is 33.9 Å². The van der Waals surface area contributed by atoms with Crippen LogP contribution < -0.4 is 10.6 Å². The summed E-state index contributed by atoms with van der Waals surface area (Å²) in [5, 5.41) is 24.6. The molecule has 0 spiro atoms. The molecule has 0 aromatic heterocycles. The van der Waals surface area contributed by atoms with Crippen molar-refractivity contribution in [2.45, 2.75) is 26.8 Å². The van der Waals surface area contributed by atoms with E-state index in [4.69, 9.17) is 5.11 Å². The number of nitro benzene ring substituents is 1. The average molecular weight is 295 g/mol. The zero-order valence-electron chi connectivity index (χ0n) is 11.9. The summed E-state index contributed by atoms with van der Waals surface area (Å²) in [5.41, 5.74) is 0.651. The lowest BCUT2D eigenvalue weighted by Crippen LogP contribution is -2.42. The molecule has 3 N–H and O–H groups in total. The number of nitro groups is 1. The second kappa shape index (κ2) is 6.69. The Balaban J connectivity index is 2.73. The van der Waals surface area contributed by atoms with Gasteiger partial charge >= 0.3 is 12.0 Å². The molecule has 114 valence electrons. The van der Waals surface area contributed by atoms with Crippen molar-refractivity contribution in [3.63, 3.8) is 0 Å². The Hall–Kier alpha value is -2.64. The average Bonchev–Trinajstić information content (AvgIpc) is 2.39. The number of hydrogen-bond acceptors (Lipinski definition) is 4. The molecular weight excluding hydrogens is 278 g/mol. The summed E-state index contributed by atoms with van der Waals surface area (Å²) >= 11 is 0. The molecule has 0 bridgehead atoms. The van der Waals surface area contributed by atoms with E-state index in [1.807, 2.05) is 0 Å². The largest absolute Gasteiger partial charge is 0.481 e. The van der Waals surface area contributed by atoms with Gasteiger partial charge in [0.2, 0.25) is 0 Å². The van der Waals surface area contributed by atoms with Crippen LogP contribution in [0.3, 0.4) is 0 Å². The molecule has 0 aliphatic rings. The van der Waals surface area contributed by atoms with Gasteiger partial charge in [0, 0.05) is 23.4 Å². The van der Waals surface area contributed by atoms with Gasteiger partial charge in [0.15, 0.2) is 0 Å². The Morgan fingerprint density at radius 2 is 1.95 bits per heavy atom. The highest BCUT2D eigenvalue weighted by molar-refractivity contribution is 5.90. The van der Waals surface area contributed by atoms with Crippen LogP contribution >= 0.6 is 0 Å².